The van der Waals surface area contributed by atoms with Gasteiger partial charge >= 0.3 is 0 Å². The van der Waals surface area contributed by atoms with Gasteiger partial charge in [0.1, 0.15) is 6.10 Å². The molecule has 0 radical (unpaired) electrons. The fraction of sp³-hybridized carbons (Fsp3) is 0.286. The largest absolute Gasteiger partial charge is 0.394 e. The van der Waals surface area contributed by atoms with Crippen LogP contribution in [0.5, 0.6) is 0 Å². The SMILES string of the molecule is NC(=O)C(O)CNc1nc(Cl)ncc1N. The van der Waals surface area contributed by atoms with Crippen LogP contribution in [-0.2, 0) is 4.79 Å². The van der Waals surface area contributed by atoms with Crippen LogP contribution in [0, 0.1) is 0 Å². The maximum absolute atomic E-state index is 10.5. The smallest absolute Gasteiger partial charge is 0.248 e. The van der Waals surface area contributed by atoms with Crippen molar-refractivity contribution in [1.82, 2.24) is 9.97 Å². The number of carbonyl (C=O) groups is 1. The first kappa shape index (κ1) is 11.5. The molecule has 0 spiro atoms. The summed E-state index contributed by atoms with van der Waals surface area (Å²) in [6, 6.07) is 0. The lowest BCUT2D eigenvalue weighted by Gasteiger charge is -2.10. The van der Waals surface area contributed by atoms with E-state index in [-0.39, 0.29) is 23.3 Å². The average Bonchev–Trinajstić information content (AvgIpc) is 2.18. The van der Waals surface area contributed by atoms with Gasteiger partial charge in [-0.1, -0.05) is 0 Å². The van der Waals surface area contributed by atoms with Gasteiger partial charge in [-0.3, -0.25) is 4.79 Å². The highest BCUT2D eigenvalue weighted by Gasteiger charge is 2.11. The molecule has 1 aromatic rings. The van der Waals surface area contributed by atoms with Crippen LogP contribution in [0.15, 0.2) is 6.20 Å². The van der Waals surface area contributed by atoms with Gasteiger partial charge < -0.3 is 21.9 Å². The minimum absolute atomic E-state index is 0.0141. The number of carbonyl (C=O) groups excluding carboxylic acids is 1. The molecule has 1 atom stereocenters. The van der Waals surface area contributed by atoms with Gasteiger partial charge in [0.05, 0.1) is 18.4 Å². The van der Waals surface area contributed by atoms with E-state index in [2.05, 4.69) is 15.3 Å². The molecule has 1 aromatic heterocycles. The van der Waals surface area contributed by atoms with E-state index in [4.69, 9.17) is 28.2 Å². The van der Waals surface area contributed by atoms with Crippen molar-refractivity contribution in [3.8, 4) is 0 Å². The molecule has 0 saturated carbocycles. The molecule has 0 aliphatic carbocycles. The second-order valence-electron chi connectivity index (χ2n) is 2.74. The zero-order valence-corrected chi connectivity index (χ0v) is 8.40. The van der Waals surface area contributed by atoms with Crippen LogP contribution < -0.4 is 16.8 Å². The Morgan fingerprint density at radius 1 is 1.73 bits per heavy atom. The number of aromatic nitrogens is 2. The third kappa shape index (κ3) is 3.22. The lowest BCUT2D eigenvalue weighted by Crippen LogP contribution is -2.34. The van der Waals surface area contributed by atoms with Crippen LogP contribution in [0.25, 0.3) is 0 Å². The minimum Gasteiger partial charge on any atom is -0.394 e. The molecular weight excluding hydrogens is 222 g/mol. The van der Waals surface area contributed by atoms with Gasteiger partial charge in [-0.2, -0.15) is 4.98 Å². The maximum Gasteiger partial charge on any atom is 0.248 e. The van der Waals surface area contributed by atoms with Gasteiger partial charge in [-0.25, -0.2) is 4.98 Å². The Morgan fingerprint density at radius 2 is 2.40 bits per heavy atom. The first-order valence-electron chi connectivity index (χ1n) is 4.00. The Balaban J connectivity index is 2.65. The predicted molar refractivity (Wildman–Crippen MR) is 55.1 cm³/mol. The molecule has 0 saturated heterocycles. The van der Waals surface area contributed by atoms with E-state index in [1.54, 1.807) is 0 Å². The van der Waals surface area contributed by atoms with Gasteiger partial charge in [0, 0.05) is 0 Å². The van der Waals surface area contributed by atoms with Crippen LogP contribution in [0.3, 0.4) is 0 Å². The molecule has 0 bridgehead atoms. The van der Waals surface area contributed by atoms with Crippen molar-refractivity contribution in [2.24, 2.45) is 5.73 Å². The number of halogens is 1. The zero-order chi connectivity index (χ0) is 11.4. The molecule has 82 valence electrons. The standard InChI is InChI=1S/C7H10ClN5O2/c8-7-12-1-3(9)6(13-7)11-2-4(14)5(10)15/h1,4,14H,2,9H2,(H2,10,15)(H,11,12,13). The van der Waals surface area contributed by atoms with Crippen molar-refractivity contribution < 1.29 is 9.90 Å². The number of aliphatic hydroxyl groups is 1. The highest BCUT2D eigenvalue weighted by atomic mass is 35.5. The lowest BCUT2D eigenvalue weighted by atomic mass is 10.3. The second kappa shape index (κ2) is 4.76. The summed E-state index contributed by atoms with van der Waals surface area (Å²) in [6.45, 7) is -0.0904. The number of nitrogen functional groups attached to an aromatic ring is 1. The number of primary amides is 1. The Morgan fingerprint density at radius 3 is 3.00 bits per heavy atom. The Hall–Kier alpha value is -1.60. The molecule has 1 amide bonds. The van der Waals surface area contributed by atoms with E-state index in [9.17, 15) is 4.79 Å². The molecule has 1 rings (SSSR count). The van der Waals surface area contributed by atoms with Crippen LogP contribution >= 0.6 is 11.6 Å². The fourth-order valence-electron chi connectivity index (χ4n) is 0.805. The molecule has 1 heterocycles. The van der Waals surface area contributed by atoms with E-state index in [1.807, 2.05) is 0 Å². The van der Waals surface area contributed by atoms with Gasteiger partial charge in [0.25, 0.3) is 0 Å². The summed E-state index contributed by atoms with van der Waals surface area (Å²) in [6.07, 6.45) is 0.00653. The minimum atomic E-state index is -1.31. The number of nitrogens with two attached hydrogens (primary N) is 2. The molecule has 0 fully saturated rings. The first-order valence-corrected chi connectivity index (χ1v) is 4.37. The van der Waals surface area contributed by atoms with Crippen molar-refractivity contribution >= 4 is 29.0 Å². The summed E-state index contributed by atoms with van der Waals surface area (Å²) in [7, 11) is 0. The summed E-state index contributed by atoms with van der Waals surface area (Å²) in [5.41, 5.74) is 10.6. The molecular formula is C7H10ClN5O2. The third-order valence-electron chi connectivity index (χ3n) is 1.58. The average molecular weight is 232 g/mol. The van der Waals surface area contributed by atoms with Gasteiger partial charge in [0.15, 0.2) is 5.82 Å². The third-order valence-corrected chi connectivity index (χ3v) is 1.76. The van der Waals surface area contributed by atoms with Crippen LogP contribution in [0.2, 0.25) is 5.28 Å². The molecule has 0 aliphatic heterocycles. The van der Waals surface area contributed by atoms with E-state index >= 15 is 0 Å². The van der Waals surface area contributed by atoms with E-state index < -0.39 is 12.0 Å². The topological polar surface area (TPSA) is 127 Å². The molecule has 1 unspecified atom stereocenters. The molecule has 7 nitrogen and oxygen atoms in total. The van der Waals surface area contributed by atoms with Crippen molar-refractivity contribution in [3.05, 3.63) is 11.5 Å². The molecule has 6 N–H and O–H groups in total. The van der Waals surface area contributed by atoms with E-state index in [0.717, 1.165) is 0 Å². The van der Waals surface area contributed by atoms with Gasteiger partial charge in [0.2, 0.25) is 11.2 Å². The number of aliphatic hydroxyl groups excluding tert-OH is 1. The summed E-state index contributed by atoms with van der Waals surface area (Å²) in [5.74, 6) is -0.587. The lowest BCUT2D eigenvalue weighted by molar-refractivity contribution is -0.125. The van der Waals surface area contributed by atoms with Crippen LogP contribution in [0.1, 0.15) is 0 Å². The van der Waals surface area contributed by atoms with Crippen molar-refractivity contribution in [1.29, 1.82) is 0 Å². The highest BCUT2D eigenvalue weighted by Crippen LogP contribution is 2.15. The quantitative estimate of drug-likeness (QED) is 0.491. The Kier molecular flexibility index (Phi) is 3.64. The Bertz CT molecular complexity index is 372. The Labute approximate surface area is 90.5 Å². The van der Waals surface area contributed by atoms with Gasteiger partial charge in [-0.15, -0.1) is 0 Å². The van der Waals surface area contributed by atoms with Crippen LogP contribution in [0.4, 0.5) is 11.5 Å². The van der Waals surface area contributed by atoms with E-state index in [0.29, 0.717) is 0 Å². The molecule has 0 aromatic carbocycles. The second-order valence-corrected chi connectivity index (χ2v) is 3.08. The number of anilines is 2. The first-order chi connectivity index (χ1) is 7.00. The zero-order valence-electron chi connectivity index (χ0n) is 7.64. The molecule has 15 heavy (non-hydrogen) atoms. The number of hydrogen-bond donors (Lipinski definition) is 4. The summed E-state index contributed by atoms with van der Waals surface area (Å²) in [4.78, 5) is 17.9. The molecule has 8 heteroatoms. The number of rotatable bonds is 4. The predicted octanol–water partition coefficient (Wildman–Crippen LogP) is -1.03. The number of nitrogens with one attached hydrogen (secondary N) is 1. The van der Waals surface area contributed by atoms with E-state index in [1.165, 1.54) is 6.20 Å². The van der Waals surface area contributed by atoms with Crippen molar-refractivity contribution in [2.75, 3.05) is 17.6 Å². The van der Waals surface area contributed by atoms with Crippen molar-refractivity contribution in [2.45, 2.75) is 6.10 Å². The summed E-state index contributed by atoms with van der Waals surface area (Å²) < 4.78 is 0. The number of nitrogens with zero attached hydrogens (tertiary/aromatic N) is 2. The number of hydrogen-bond acceptors (Lipinski definition) is 6. The monoisotopic (exact) mass is 231 g/mol. The number of amides is 1. The van der Waals surface area contributed by atoms with Crippen molar-refractivity contribution in [3.63, 3.8) is 0 Å². The summed E-state index contributed by atoms with van der Waals surface area (Å²) >= 11 is 5.52. The normalized spacial score (nSPS) is 12.1. The fourth-order valence-corrected chi connectivity index (χ4v) is 0.938. The van der Waals surface area contributed by atoms with Gasteiger partial charge in [-0.05, 0) is 11.6 Å². The summed E-state index contributed by atoms with van der Waals surface area (Å²) in [5, 5.41) is 11.7. The highest BCUT2D eigenvalue weighted by molar-refractivity contribution is 6.28. The van der Waals surface area contributed by atoms with Crippen LogP contribution in [-0.4, -0.2) is 33.6 Å². The maximum atomic E-state index is 10.5. The molecule has 0 aliphatic rings.